The lowest BCUT2D eigenvalue weighted by atomic mass is 10.2. The number of nitrogens with zero attached hydrogens (tertiary/aromatic N) is 3. The summed E-state index contributed by atoms with van der Waals surface area (Å²) in [6.45, 7) is 1.73. The number of benzene rings is 1. The quantitative estimate of drug-likeness (QED) is 0.522. The Morgan fingerprint density at radius 2 is 2.10 bits per heavy atom. The predicted molar refractivity (Wildman–Crippen MR) is 83.3 cm³/mol. The molecule has 0 saturated heterocycles. The first-order valence-corrected chi connectivity index (χ1v) is 6.60. The molecule has 0 aliphatic rings. The maximum absolute atomic E-state index is 10.9. The molecule has 0 aliphatic heterocycles. The highest BCUT2D eigenvalue weighted by Crippen LogP contribution is 2.25. The van der Waals surface area contributed by atoms with Crippen molar-refractivity contribution in [3.63, 3.8) is 0 Å². The van der Waals surface area contributed by atoms with Crippen LogP contribution in [0.3, 0.4) is 0 Å². The van der Waals surface area contributed by atoms with Gasteiger partial charge in [0, 0.05) is 17.3 Å². The number of halogens is 2. The van der Waals surface area contributed by atoms with E-state index in [0.29, 0.717) is 21.3 Å². The van der Waals surface area contributed by atoms with Crippen LogP contribution < -0.4 is 5.43 Å². The molecule has 1 heterocycles. The van der Waals surface area contributed by atoms with Crippen molar-refractivity contribution in [2.24, 2.45) is 5.10 Å². The first-order chi connectivity index (χ1) is 9.99. The summed E-state index contributed by atoms with van der Waals surface area (Å²) in [7, 11) is 0. The molecule has 0 fully saturated rings. The van der Waals surface area contributed by atoms with Crippen LogP contribution in [0.2, 0.25) is 10.0 Å². The van der Waals surface area contributed by atoms with Gasteiger partial charge in [0.25, 0.3) is 0 Å². The second-order valence-corrected chi connectivity index (χ2v) is 4.88. The van der Waals surface area contributed by atoms with Crippen LogP contribution >= 0.6 is 23.2 Å². The Morgan fingerprint density at radius 1 is 1.33 bits per heavy atom. The van der Waals surface area contributed by atoms with E-state index < -0.39 is 4.92 Å². The van der Waals surface area contributed by atoms with Crippen LogP contribution in [0, 0.1) is 17.0 Å². The zero-order valence-corrected chi connectivity index (χ0v) is 12.4. The number of pyridine rings is 1. The Kier molecular flexibility index (Phi) is 4.72. The Balaban J connectivity index is 2.23. The summed E-state index contributed by atoms with van der Waals surface area (Å²) in [6, 6.07) is 8.02. The number of rotatable bonds is 4. The number of nitrogens with one attached hydrogen (secondary N) is 1. The molecular weight excluding hydrogens is 315 g/mol. The van der Waals surface area contributed by atoms with E-state index in [1.807, 2.05) is 0 Å². The highest BCUT2D eigenvalue weighted by atomic mass is 35.5. The monoisotopic (exact) mass is 324 g/mol. The van der Waals surface area contributed by atoms with Crippen LogP contribution in [0.4, 0.5) is 11.5 Å². The fourth-order valence-corrected chi connectivity index (χ4v) is 1.92. The van der Waals surface area contributed by atoms with E-state index in [-0.39, 0.29) is 11.5 Å². The molecule has 0 aliphatic carbocycles. The summed E-state index contributed by atoms with van der Waals surface area (Å²) in [6.07, 6.45) is 1.42. The van der Waals surface area contributed by atoms with Gasteiger partial charge in [-0.3, -0.25) is 15.5 Å². The molecule has 2 rings (SSSR count). The zero-order valence-electron chi connectivity index (χ0n) is 10.9. The fraction of sp³-hybridized carbons (Fsp3) is 0.0769. The van der Waals surface area contributed by atoms with Gasteiger partial charge in [0.15, 0.2) is 0 Å². The van der Waals surface area contributed by atoms with Gasteiger partial charge in [-0.25, -0.2) is 4.98 Å². The number of aryl methyl sites for hydroxylation is 1. The third-order valence-electron chi connectivity index (χ3n) is 2.57. The molecule has 8 heteroatoms. The lowest BCUT2D eigenvalue weighted by Crippen LogP contribution is -2.00. The van der Waals surface area contributed by atoms with Crippen LogP contribution in [-0.2, 0) is 0 Å². The van der Waals surface area contributed by atoms with Crippen molar-refractivity contribution in [2.75, 3.05) is 5.43 Å². The van der Waals surface area contributed by atoms with Crippen molar-refractivity contribution < 1.29 is 4.92 Å². The molecule has 0 bridgehead atoms. The standard InChI is InChI=1S/C13H10Cl2N4O2/c1-8-5-6-11(19(20)21)13(17-8)18-16-7-9-3-2-4-10(14)12(9)15/h2-7H,1H3,(H,17,18)/b16-7-. The van der Waals surface area contributed by atoms with Gasteiger partial charge in [-0.2, -0.15) is 5.10 Å². The number of anilines is 1. The molecule has 0 unspecified atom stereocenters. The van der Waals surface area contributed by atoms with Crippen LogP contribution in [-0.4, -0.2) is 16.1 Å². The number of nitro groups is 1. The summed E-state index contributed by atoms with van der Waals surface area (Å²) >= 11 is 11.9. The minimum Gasteiger partial charge on any atom is -0.258 e. The normalized spacial score (nSPS) is 10.8. The molecule has 2 aromatic rings. The molecular formula is C13H10Cl2N4O2. The SMILES string of the molecule is Cc1ccc([N+](=O)[O-])c(N/N=C\c2cccc(Cl)c2Cl)n1. The van der Waals surface area contributed by atoms with Crippen molar-refractivity contribution in [3.05, 3.63) is 61.7 Å². The second kappa shape index (κ2) is 6.51. The van der Waals surface area contributed by atoms with E-state index in [2.05, 4.69) is 15.5 Å². The average molecular weight is 325 g/mol. The van der Waals surface area contributed by atoms with Gasteiger partial charge < -0.3 is 0 Å². The Morgan fingerprint density at radius 3 is 2.81 bits per heavy atom. The highest BCUT2D eigenvalue weighted by molar-refractivity contribution is 6.43. The molecule has 21 heavy (non-hydrogen) atoms. The van der Waals surface area contributed by atoms with Gasteiger partial charge in [0.2, 0.25) is 5.82 Å². The van der Waals surface area contributed by atoms with E-state index in [9.17, 15) is 10.1 Å². The smallest absolute Gasteiger partial charge is 0.258 e. The Bertz CT molecular complexity index is 719. The molecule has 0 amide bonds. The number of aromatic nitrogens is 1. The van der Waals surface area contributed by atoms with Crippen LogP contribution in [0.25, 0.3) is 0 Å². The summed E-state index contributed by atoms with van der Waals surface area (Å²) in [4.78, 5) is 14.4. The number of hydrogen-bond donors (Lipinski definition) is 1. The minimum absolute atomic E-state index is 0.0643. The van der Waals surface area contributed by atoms with Crippen molar-refractivity contribution in [3.8, 4) is 0 Å². The van der Waals surface area contributed by atoms with Crippen molar-refractivity contribution in [2.45, 2.75) is 6.92 Å². The fourth-order valence-electron chi connectivity index (χ4n) is 1.56. The summed E-state index contributed by atoms with van der Waals surface area (Å²) in [5.41, 5.74) is 3.62. The third kappa shape index (κ3) is 3.68. The lowest BCUT2D eigenvalue weighted by molar-refractivity contribution is -0.384. The van der Waals surface area contributed by atoms with E-state index in [0.717, 1.165) is 0 Å². The van der Waals surface area contributed by atoms with Gasteiger partial charge >= 0.3 is 5.69 Å². The third-order valence-corrected chi connectivity index (χ3v) is 3.40. The highest BCUT2D eigenvalue weighted by Gasteiger charge is 2.14. The summed E-state index contributed by atoms with van der Waals surface area (Å²) in [5, 5.41) is 15.6. The molecule has 6 nitrogen and oxygen atoms in total. The first kappa shape index (κ1) is 15.2. The van der Waals surface area contributed by atoms with Crippen molar-refractivity contribution in [1.82, 2.24) is 4.98 Å². The van der Waals surface area contributed by atoms with E-state index >= 15 is 0 Å². The van der Waals surface area contributed by atoms with Gasteiger partial charge in [-0.15, -0.1) is 0 Å². The molecule has 1 N–H and O–H groups in total. The topological polar surface area (TPSA) is 80.4 Å². The minimum atomic E-state index is -0.531. The summed E-state index contributed by atoms with van der Waals surface area (Å²) in [5.74, 6) is 0.0643. The molecule has 108 valence electrons. The van der Waals surface area contributed by atoms with Crippen LogP contribution in [0.15, 0.2) is 35.4 Å². The second-order valence-electron chi connectivity index (χ2n) is 4.09. The van der Waals surface area contributed by atoms with Crippen LogP contribution in [0.1, 0.15) is 11.3 Å². The maximum atomic E-state index is 10.9. The lowest BCUT2D eigenvalue weighted by Gasteiger charge is -2.03. The first-order valence-electron chi connectivity index (χ1n) is 5.84. The molecule has 1 aromatic carbocycles. The predicted octanol–water partition coefficient (Wildman–Crippen LogP) is 4.05. The maximum Gasteiger partial charge on any atom is 0.313 e. The van der Waals surface area contributed by atoms with Crippen molar-refractivity contribution in [1.29, 1.82) is 0 Å². The molecule has 0 saturated carbocycles. The average Bonchev–Trinajstić information content (AvgIpc) is 2.43. The van der Waals surface area contributed by atoms with Crippen molar-refractivity contribution >= 4 is 40.9 Å². The van der Waals surface area contributed by atoms with Gasteiger partial charge in [0.05, 0.1) is 21.2 Å². The van der Waals surface area contributed by atoms with Crippen LogP contribution in [0.5, 0.6) is 0 Å². The summed E-state index contributed by atoms with van der Waals surface area (Å²) < 4.78 is 0. The molecule has 0 radical (unpaired) electrons. The van der Waals surface area contributed by atoms with Gasteiger partial charge in [-0.05, 0) is 19.1 Å². The zero-order chi connectivity index (χ0) is 15.4. The molecule has 1 aromatic heterocycles. The Hall–Kier alpha value is -2.18. The molecule has 0 atom stereocenters. The number of hydrogen-bond acceptors (Lipinski definition) is 5. The van der Waals surface area contributed by atoms with Gasteiger partial charge in [-0.1, -0.05) is 35.3 Å². The molecule has 0 spiro atoms. The largest absolute Gasteiger partial charge is 0.313 e. The van der Waals surface area contributed by atoms with E-state index in [1.54, 1.807) is 31.2 Å². The van der Waals surface area contributed by atoms with Gasteiger partial charge in [0.1, 0.15) is 0 Å². The van der Waals surface area contributed by atoms with E-state index in [4.69, 9.17) is 23.2 Å². The Labute approximate surface area is 130 Å². The number of hydrazone groups is 1. The van der Waals surface area contributed by atoms with E-state index in [1.165, 1.54) is 12.3 Å².